The molecule has 3 rings (SSSR count). The van der Waals surface area contributed by atoms with Gasteiger partial charge in [0.25, 0.3) is 6.33 Å². The number of rotatable bonds is 3. The van der Waals surface area contributed by atoms with E-state index in [4.69, 9.17) is 4.18 Å². The second-order valence-electron chi connectivity index (χ2n) is 5.18. The van der Waals surface area contributed by atoms with Crippen LogP contribution in [0.5, 0.6) is 5.88 Å². The zero-order valence-corrected chi connectivity index (χ0v) is 13.1. The molecule has 1 N–H and O–H groups in total. The van der Waals surface area contributed by atoms with Crippen molar-refractivity contribution >= 4 is 16.1 Å². The smallest absolute Gasteiger partial charge is 0.335 e. The third kappa shape index (κ3) is 2.45. The van der Waals surface area contributed by atoms with E-state index in [0.29, 0.717) is 18.7 Å². The fourth-order valence-corrected chi connectivity index (χ4v) is 3.33. The maximum atomic E-state index is 12.4. The van der Waals surface area contributed by atoms with Crippen LogP contribution in [0.3, 0.4) is 0 Å². The summed E-state index contributed by atoms with van der Waals surface area (Å²) >= 11 is 0. The Labute approximate surface area is 128 Å². The molecule has 0 bridgehead atoms. The highest BCUT2D eigenvalue weighted by Gasteiger charge is 2.33. The predicted molar refractivity (Wildman–Crippen MR) is 77.1 cm³/mol. The molecule has 1 aliphatic rings. The molecule has 2 heterocycles. The number of aromatic nitrogens is 2. The van der Waals surface area contributed by atoms with Gasteiger partial charge in [-0.2, -0.15) is 8.42 Å². The molecule has 7 nitrogen and oxygen atoms in total. The first-order valence-corrected chi connectivity index (χ1v) is 8.18. The summed E-state index contributed by atoms with van der Waals surface area (Å²) in [5.41, 5.74) is 1.50. The number of carbonyl (C=O) groups is 1. The van der Waals surface area contributed by atoms with E-state index in [9.17, 15) is 13.2 Å². The highest BCUT2D eigenvalue weighted by molar-refractivity contribution is 7.87. The summed E-state index contributed by atoms with van der Waals surface area (Å²) in [6.07, 6.45) is 2.01. The number of carbonyl (C=O) groups excluding carboxylic acids is 1. The third-order valence-corrected chi connectivity index (χ3v) is 4.73. The van der Waals surface area contributed by atoms with E-state index in [2.05, 4.69) is 5.32 Å². The zero-order valence-electron chi connectivity index (χ0n) is 12.2. The van der Waals surface area contributed by atoms with Gasteiger partial charge in [-0.15, -0.1) is 4.57 Å². The van der Waals surface area contributed by atoms with Crippen LogP contribution in [0.25, 0.3) is 0 Å². The Balaban J connectivity index is 1.99. The number of amides is 1. The van der Waals surface area contributed by atoms with Gasteiger partial charge in [0.2, 0.25) is 5.69 Å². The summed E-state index contributed by atoms with van der Waals surface area (Å²) in [5, 5.41) is 2.69. The topological polar surface area (TPSA) is 81.3 Å². The van der Waals surface area contributed by atoms with E-state index < -0.39 is 10.1 Å². The van der Waals surface area contributed by atoms with Gasteiger partial charge in [0.1, 0.15) is 4.90 Å². The molecule has 0 aliphatic carbocycles. The summed E-state index contributed by atoms with van der Waals surface area (Å²) in [7, 11) is -2.30. The molecular formula is C14H16N3O4S+. The number of nitrogens with zero attached hydrogens (tertiary/aromatic N) is 2. The lowest BCUT2D eigenvalue weighted by Crippen LogP contribution is -2.36. The fourth-order valence-electron chi connectivity index (χ4n) is 2.34. The van der Waals surface area contributed by atoms with Gasteiger partial charge in [-0.3, -0.25) is 0 Å². The van der Waals surface area contributed by atoms with Gasteiger partial charge in [0, 0.05) is 13.0 Å². The first-order valence-electron chi connectivity index (χ1n) is 6.78. The van der Waals surface area contributed by atoms with Gasteiger partial charge in [-0.25, -0.2) is 9.36 Å². The molecule has 8 heteroatoms. The van der Waals surface area contributed by atoms with Gasteiger partial charge in [0.05, 0.1) is 7.05 Å². The van der Waals surface area contributed by atoms with E-state index in [1.54, 1.807) is 19.2 Å². The Morgan fingerprint density at radius 2 is 1.95 bits per heavy atom. The number of aryl methyl sites for hydroxylation is 2. The van der Waals surface area contributed by atoms with Crippen LogP contribution in [0.15, 0.2) is 35.5 Å². The SMILES string of the molecule is Cc1ccc(S(=O)(=O)Oc2c3n(c[n+]2C)C(=O)NCC3)cc1. The second-order valence-corrected chi connectivity index (χ2v) is 6.73. The first kappa shape index (κ1) is 14.6. The molecule has 0 fully saturated rings. The summed E-state index contributed by atoms with van der Waals surface area (Å²) in [6, 6.07) is 6.12. The van der Waals surface area contributed by atoms with Gasteiger partial charge in [0.15, 0.2) is 0 Å². The normalized spacial score (nSPS) is 14.4. The molecule has 1 aliphatic heterocycles. The van der Waals surface area contributed by atoms with Crippen molar-refractivity contribution in [2.45, 2.75) is 18.2 Å². The lowest BCUT2D eigenvalue weighted by Gasteiger charge is -2.10. The van der Waals surface area contributed by atoms with Gasteiger partial charge in [-0.1, -0.05) is 17.7 Å². The van der Waals surface area contributed by atoms with Gasteiger partial charge < -0.3 is 9.50 Å². The Bertz CT molecular complexity index is 838. The van der Waals surface area contributed by atoms with Crippen LogP contribution in [-0.2, 0) is 23.6 Å². The van der Waals surface area contributed by atoms with Crippen LogP contribution in [-0.4, -0.2) is 25.6 Å². The van der Waals surface area contributed by atoms with Gasteiger partial charge >= 0.3 is 22.0 Å². The quantitative estimate of drug-likeness (QED) is 0.659. The Hall–Kier alpha value is -2.35. The van der Waals surface area contributed by atoms with E-state index in [1.807, 2.05) is 6.92 Å². The fraction of sp³-hybridized carbons (Fsp3) is 0.286. The van der Waals surface area contributed by atoms with E-state index in [0.717, 1.165) is 5.56 Å². The molecule has 0 saturated heterocycles. The molecule has 1 aromatic carbocycles. The van der Waals surface area contributed by atoms with Crippen molar-refractivity contribution in [3.8, 4) is 5.88 Å². The molecule has 2 aromatic rings. The molecular weight excluding hydrogens is 306 g/mol. The monoisotopic (exact) mass is 322 g/mol. The summed E-state index contributed by atoms with van der Waals surface area (Å²) in [5.74, 6) is 0.162. The van der Waals surface area contributed by atoms with Crippen molar-refractivity contribution in [2.75, 3.05) is 6.54 Å². The van der Waals surface area contributed by atoms with Crippen LogP contribution in [0.1, 0.15) is 11.3 Å². The predicted octanol–water partition coefficient (Wildman–Crippen LogP) is 0.503. The number of hydrogen-bond acceptors (Lipinski definition) is 4. The maximum absolute atomic E-state index is 12.4. The molecule has 1 amide bonds. The van der Waals surface area contributed by atoms with Gasteiger partial charge in [-0.05, 0) is 19.1 Å². The Kier molecular flexibility index (Phi) is 3.40. The Morgan fingerprint density at radius 1 is 1.27 bits per heavy atom. The molecule has 1 aromatic heterocycles. The minimum absolute atomic E-state index is 0.0818. The number of fused-ring (bicyclic) bond motifs is 1. The molecule has 116 valence electrons. The number of hydrogen-bond donors (Lipinski definition) is 1. The Morgan fingerprint density at radius 3 is 2.64 bits per heavy atom. The van der Waals surface area contributed by atoms with E-state index in [-0.39, 0.29) is 16.8 Å². The standard InChI is InChI=1S/C14H15N3O4S/c1-10-3-5-11(6-4-10)22(19,20)21-13-12-7-8-15-14(18)17(12)9-16(13)2/h3-6,9H,7-8H2,1-2H3/p+1. The third-order valence-electron chi connectivity index (χ3n) is 3.50. The summed E-state index contributed by atoms with van der Waals surface area (Å²) in [4.78, 5) is 11.8. The average Bonchev–Trinajstić information content (AvgIpc) is 2.77. The van der Waals surface area contributed by atoms with Crippen molar-refractivity contribution < 1.29 is 22.0 Å². The summed E-state index contributed by atoms with van der Waals surface area (Å²) < 4.78 is 32.9. The molecule has 0 spiro atoms. The highest BCUT2D eigenvalue weighted by atomic mass is 32.2. The molecule has 0 unspecified atom stereocenters. The molecule has 0 atom stereocenters. The van der Waals surface area contributed by atoms with Crippen molar-refractivity contribution in [1.29, 1.82) is 0 Å². The van der Waals surface area contributed by atoms with Crippen molar-refractivity contribution in [1.82, 2.24) is 9.88 Å². The molecule has 22 heavy (non-hydrogen) atoms. The van der Waals surface area contributed by atoms with E-state index in [1.165, 1.54) is 27.6 Å². The maximum Gasteiger partial charge on any atom is 0.413 e. The highest BCUT2D eigenvalue weighted by Crippen LogP contribution is 2.22. The minimum Gasteiger partial charge on any atom is -0.335 e. The number of benzene rings is 1. The lowest BCUT2D eigenvalue weighted by molar-refractivity contribution is -0.673. The first-order chi connectivity index (χ1) is 10.4. The zero-order chi connectivity index (χ0) is 15.9. The van der Waals surface area contributed by atoms with Crippen LogP contribution >= 0.6 is 0 Å². The lowest BCUT2D eigenvalue weighted by atomic mass is 10.2. The van der Waals surface area contributed by atoms with Crippen molar-refractivity contribution in [3.63, 3.8) is 0 Å². The second kappa shape index (κ2) is 5.13. The number of nitrogens with one attached hydrogen (secondary N) is 1. The van der Waals surface area contributed by atoms with Crippen molar-refractivity contribution in [3.05, 3.63) is 41.9 Å². The molecule has 0 saturated carbocycles. The van der Waals surface area contributed by atoms with Crippen LogP contribution in [0, 0.1) is 6.92 Å². The van der Waals surface area contributed by atoms with E-state index >= 15 is 0 Å². The minimum atomic E-state index is -3.94. The van der Waals surface area contributed by atoms with Crippen LogP contribution in [0.4, 0.5) is 4.79 Å². The molecule has 0 radical (unpaired) electrons. The summed E-state index contributed by atoms with van der Waals surface area (Å²) in [6.45, 7) is 2.32. The average molecular weight is 322 g/mol. The largest absolute Gasteiger partial charge is 0.413 e. The van der Waals surface area contributed by atoms with Crippen LogP contribution in [0.2, 0.25) is 0 Å². The van der Waals surface area contributed by atoms with Crippen LogP contribution < -0.4 is 14.1 Å². The van der Waals surface area contributed by atoms with Crippen molar-refractivity contribution in [2.24, 2.45) is 7.05 Å². The number of imidazole rings is 1.